The Balaban J connectivity index is 3.16. The molecule has 0 fully saturated rings. The molecule has 0 radical (unpaired) electrons. The first kappa shape index (κ1) is 9.75. The van der Waals surface area contributed by atoms with Gasteiger partial charge in [-0.15, -0.1) is 0 Å². The summed E-state index contributed by atoms with van der Waals surface area (Å²) in [5.74, 6) is -0.328. The zero-order chi connectivity index (χ0) is 9.14. The summed E-state index contributed by atoms with van der Waals surface area (Å²) in [5, 5.41) is 8.82. The Bertz CT molecular complexity index is 346. The molecule has 0 unspecified atom stereocenters. The van der Waals surface area contributed by atoms with Gasteiger partial charge in [-0.1, -0.05) is 11.6 Å². The van der Waals surface area contributed by atoms with Crippen LogP contribution in [0.4, 0.5) is 4.39 Å². The summed E-state index contributed by atoms with van der Waals surface area (Å²) in [6, 6.07) is 4.73. The van der Waals surface area contributed by atoms with E-state index in [2.05, 4.69) is 0 Å². The van der Waals surface area contributed by atoms with Crippen molar-refractivity contribution in [1.29, 1.82) is 5.26 Å². The molecule has 0 aromatic heterocycles. The third-order valence-corrected chi connectivity index (χ3v) is 2.54. The van der Waals surface area contributed by atoms with Gasteiger partial charge in [0, 0.05) is 5.02 Å². The second-order valence-corrected chi connectivity index (χ2v) is 3.76. The van der Waals surface area contributed by atoms with Crippen LogP contribution >= 0.6 is 34.2 Å². The lowest BCUT2D eigenvalue weighted by Gasteiger charge is -2.00. The van der Waals surface area contributed by atoms with Crippen LogP contribution in [-0.2, 0) is 6.42 Å². The van der Waals surface area contributed by atoms with Crippen LogP contribution in [-0.4, -0.2) is 0 Å². The molecule has 0 atom stereocenters. The van der Waals surface area contributed by atoms with E-state index in [0.717, 1.165) is 0 Å². The van der Waals surface area contributed by atoms with Crippen molar-refractivity contribution >= 4 is 34.2 Å². The van der Waals surface area contributed by atoms with Crippen LogP contribution in [0.2, 0.25) is 5.02 Å². The predicted molar refractivity (Wildman–Crippen MR) is 53.4 cm³/mol. The highest BCUT2D eigenvalue weighted by molar-refractivity contribution is 14.1. The summed E-state index contributed by atoms with van der Waals surface area (Å²) in [5.41, 5.74) is 0.539. The fraction of sp³-hybridized carbons (Fsp3) is 0.125. The summed E-state index contributed by atoms with van der Waals surface area (Å²) in [6.45, 7) is 0. The highest BCUT2D eigenvalue weighted by Gasteiger charge is 2.05. The van der Waals surface area contributed by atoms with Gasteiger partial charge in [-0.2, -0.15) is 5.26 Å². The van der Waals surface area contributed by atoms with E-state index in [1.807, 2.05) is 28.7 Å². The van der Waals surface area contributed by atoms with Gasteiger partial charge in [-0.25, -0.2) is 4.39 Å². The van der Waals surface area contributed by atoms with Crippen LogP contribution in [0.25, 0.3) is 0 Å². The molecule has 0 aliphatic rings. The van der Waals surface area contributed by atoms with Crippen LogP contribution in [0.3, 0.4) is 0 Å². The fourth-order valence-corrected chi connectivity index (χ4v) is 1.67. The summed E-state index contributed by atoms with van der Waals surface area (Å²) in [4.78, 5) is 0. The van der Waals surface area contributed by atoms with Crippen LogP contribution in [0, 0.1) is 20.7 Å². The van der Waals surface area contributed by atoms with Crippen molar-refractivity contribution in [2.45, 2.75) is 6.42 Å². The van der Waals surface area contributed by atoms with E-state index in [0.29, 0.717) is 14.2 Å². The number of rotatable bonds is 1. The number of nitrogens with zero attached hydrogens (tertiary/aromatic N) is 1. The molecule has 0 aliphatic carbocycles. The minimum atomic E-state index is -0.328. The van der Waals surface area contributed by atoms with Crippen molar-refractivity contribution in [3.63, 3.8) is 0 Å². The molecule has 1 aromatic carbocycles. The Kier molecular flexibility index (Phi) is 3.29. The molecular weight excluding hydrogens is 291 g/mol. The van der Waals surface area contributed by atoms with Gasteiger partial charge in [0.25, 0.3) is 0 Å². The first-order chi connectivity index (χ1) is 5.65. The molecule has 62 valence electrons. The summed E-state index contributed by atoms with van der Waals surface area (Å²) < 4.78 is 13.4. The van der Waals surface area contributed by atoms with Crippen molar-refractivity contribution in [1.82, 2.24) is 0 Å². The maximum absolute atomic E-state index is 12.9. The number of hydrogen-bond donors (Lipinski definition) is 0. The maximum Gasteiger partial charge on any atom is 0.136 e. The van der Waals surface area contributed by atoms with Crippen LogP contribution in [0.15, 0.2) is 12.1 Å². The van der Waals surface area contributed by atoms with E-state index in [1.54, 1.807) is 0 Å². The van der Waals surface area contributed by atoms with Gasteiger partial charge in [0.2, 0.25) is 0 Å². The van der Waals surface area contributed by atoms with Gasteiger partial charge < -0.3 is 0 Å². The number of hydrogen-bond acceptors (Lipinski definition) is 1. The molecular formula is C8H4ClFIN. The minimum Gasteiger partial charge on any atom is -0.206 e. The van der Waals surface area contributed by atoms with E-state index in [1.165, 1.54) is 12.1 Å². The van der Waals surface area contributed by atoms with E-state index in [-0.39, 0.29) is 12.2 Å². The molecule has 0 saturated carbocycles. The first-order valence-electron chi connectivity index (χ1n) is 3.15. The SMILES string of the molecule is N#CCc1cc(F)c(I)cc1Cl. The Morgan fingerprint density at radius 3 is 2.83 bits per heavy atom. The lowest BCUT2D eigenvalue weighted by molar-refractivity contribution is 0.618. The van der Waals surface area contributed by atoms with Crippen molar-refractivity contribution in [2.24, 2.45) is 0 Å². The van der Waals surface area contributed by atoms with Gasteiger partial charge in [-0.05, 0) is 40.3 Å². The Labute approximate surface area is 88.3 Å². The van der Waals surface area contributed by atoms with Crippen LogP contribution < -0.4 is 0 Å². The molecule has 0 heterocycles. The molecule has 1 aromatic rings. The third-order valence-electron chi connectivity index (χ3n) is 1.36. The normalized spacial score (nSPS) is 9.50. The lowest BCUT2D eigenvalue weighted by atomic mass is 10.2. The first-order valence-corrected chi connectivity index (χ1v) is 4.61. The highest BCUT2D eigenvalue weighted by Crippen LogP contribution is 2.22. The van der Waals surface area contributed by atoms with Crippen molar-refractivity contribution in [3.8, 4) is 6.07 Å². The monoisotopic (exact) mass is 295 g/mol. The van der Waals surface area contributed by atoms with E-state index >= 15 is 0 Å². The molecule has 0 aliphatic heterocycles. The molecule has 1 rings (SSSR count). The zero-order valence-corrected chi connectivity index (χ0v) is 8.86. The van der Waals surface area contributed by atoms with Crippen LogP contribution in [0.5, 0.6) is 0 Å². The standard InChI is InChI=1S/C8H4ClFIN/c9-6-4-8(11)7(10)3-5(6)1-2-12/h3-4H,1H2. The molecule has 0 bridgehead atoms. The van der Waals surface area contributed by atoms with Crippen molar-refractivity contribution in [3.05, 3.63) is 32.1 Å². The van der Waals surface area contributed by atoms with Crippen molar-refractivity contribution < 1.29 is 4.39 Å². The van der Waals surface area contributed by atoms with E-state index < -0.39 is 0 Å². The molecule has 0 saturated heterocycles. The molecule has 12 heavy (non-hydrogen) atoms. The molecule has 0 N–H and O–H groups in total. The third kappa shape index (κ3) is 2.08. The Morgan fingerprint density at radius 2 is 2.25 bits per heavy atom. The quantitative estimate of drug-likeness (QED) is 0.577. The number of nitriles is 1. The summed E-state index contributed by atoms with van der Waals surface area (Å²) >= 11 is 7.61. The zero-order valence-electron chi connectivity index (χ0n) is 5.94. The van der Waals surface area contributed by atoms with E-state index in [4.69, 9.17) is 16.9 Å². The topological polar surface area (TPSA) is 23.8 Å². The maximum atomic E-state index is 12.9. The highest BCUT2D eigenvalue weighted by atomic mass is 127. The average molecular weight is 295 g/mol. The van der Waals surface area contributed by atoms with Gasteiger partial charge >= 0.3 is 0 Å². The summed E-state index contributed by atoms with van der Waals surface area (Å²) in [7, 11) is 0. The average Bonchev–Trinajstić information content (AvgIpc) is 2.01. The fourth-order valence-electron chi connectivity index (χ4n) is 0.784. The largest absolute Gasteiger partial charge is 0.206 e. The molecule has 0 amide bonds. The second-order valence-electron chi connectivity index (χ2n) is 2.19. The smallest absolute Gasteiger partial charge is 0.136 e. The lowest BCUT2D eigenvalue weighted by Crippen LogP contribution is -1.89. The van der Waals surface area contributed by atoms with Gasteiger partial charge in [0.1, 0.15) is 5.82 Å². The number of benzene rings is 1. The number of halogens is 3. The predicted octanol–water partition coefficient (Wildman–Crippen LogP) is 3.15. The Morgan fingerprint density at radius 1 is 1.58 bits per heavy atom. The summed E-state index contributed by atoms with van der Waals surface area (Å²) in [6.07, 6.45) is 0.146. The molecule has 0 spiro atoms. The molecule has 4 heteroatoms. The second kappa shape index (κ2) is 4.06. The van der Waals surface area contributed by atoms with Crippen LogP contribution in [0.1, 0.15) is 5.56 Å². The Hall–Kier alpha value is -0.340. The van der Waals surface area contributed by atoms with Crippen molar-refractivity contribution in [2.75, 3.05) is 0 Å². The van der Waals surface area contributed by atoms with E-state index in [9.17, 15) is 4.39 Å². The van der Waals surface area contributed by atoms with Gasteiger partial charge in [0.15, 0.2) is 0 Å². The van der Waals surface area contributed by atoms with Gasteiger partial charge in [-0.3, -0.25) is 0 Å². The minimum absolute atomic E-state index is 0.146. The molecule has 1 nitrogen and oxygen atoms in total. The van der Waals surface area contributed by atoms with Gasteiger partial charge in [0.05, 0.1) is 16.1 Å².